The first-order valence-electron chi connectivity index (χ1n) is 9.85. The molecule has 0 amide bonds. The van der Waals surface area contributed by atoms with E-state index in [0.717, 1.165) is 16.2 Å². The zero-order chi connectivity index (χ0) is 21.6. The number of carboxylic acids is 1. The lowest BCUT2D eigenvalue weighted by Gasteiger charge is -2.09. The van der Waals surface area contributed by atoms with Gasteiger partial charge in [-0.05, 0) is 6.07 Å². The molecule has 0 radical (unpaired) electrons. The zero-order valence-electron chi connectivity index (χ0n) is 17.0. The molecule has 1 unspecified atom stereocenters. The van der Waals surface area contributed by atoms with Crippen LogP contribution >= 0.6 is 11.8 Å². The van der Waals surface area contributed by atoms with Crippen molar-refractivity contribution >= 4 is 17.7 Å². The largest absolute Gasteiger partial charge is 0.493 e. The van der Waals surface area contributed by atoms with Crippen LogP contribution in [0.1, 0.15) is 17.9 Å². The molecule has 1 atom stereocenters. The second-order valence-electron chi connectivity index (χ2n) is 6.94. The van der Waals surface area contributed by atoms with E-state index < -0.39 is 5.97 Å². The smallest absolute Gasteiger partial charge is 0.304 e. The highest BCUT2D eigenvalue weighted by Gasteiger charge is 2.26. The quantitative estimate of drug-likeness (QED) is 0.301. The van der Waals surface area contributed by atoms with Crippen LogP contribution in [-0.4, -0.2) is 47.1 Å². The molecule has 1 aliphatic rings. The maximum Gasteiger partial charge on any atom is 0.304 e. The Hall–Kier alpha value is -3.26. The molecule has 0 bridgehead atoms. The molecule has 3 aromatic rings. The second kappa shape index (κ2) is 9.70. The highest BCUT2D eigenvalue weighted by atomic mass is 32.2. The van der Waals surface area contributed by atoms with E-state index in [9.17, 15) is 4.79 Å². The Morgan fingerprint density at radius 1 is 1.19 bits per heavy atom. The third-order valence-electron chi connectivity index (χ3n) is 4.81. The number of nitrogens with zero attached hydrogens (tertiary/aromatic N) is 2. The summed E-state index contributed by atoms with van der Waals surface area (Å²) >= 11 is 1.56. The van der Waals surface area contributed by atoms with Gasteiger partial charge in [-0.25, -0.2) is 4.98 Å². The lowest BCUT2D eigenvalue weighted by Crippen LogP contribution is -2.07. The van der Waals surface area contributed by atoms with Crippen LogP contribution in [-0.2, 0) is 4.79 Å². The van der Waals surface area contributed by atoms with Crippen molar-refractivity contribution in [2.75, 3.05) is 26.1 Å². The van der Waals surface area contributed by atoms with E-state index in [-0.39, 0.29) is 12.3 Å². The summed E-state index contributed by atoms with van der Waals surface area (Å²) < 4.78 is 16.8. The van der Waals surface area contributed by atoms with Crippen LogP contribution in [0.25, 0.3) is 11.4 Å². The molecule has 1 aromatic heterocycles. The Morgan fingerprint density at radius 2 is 2.03 bits per heavy atom. The molecule has 0 aliphatic carbocycles. The first-order valence-corrected chi connectivity index (χ1v) is 10.8. The number of hydrogen-bond donors (Lipinski definition) is 1. The predicted molar refractivity (Wildman–Crippen MR) is 117 cm³/mol. The van der Waals surface area contributed by atoms with Crippen molar-refractivity contribution in [3.8, 4) is 28.8 Å². The van der Waals surface area contributed by atoms with Gasteiger partial charge in [-0.3, -0.25) is 4.79 Å². The van der Waals surface area contributed by atoms with Gasteiger partial charge in [0, 0.05) is 34.9 Å². The topological polar surface area (TPSA) is 90.8 Å². The molecule has 4 rings (SSSR count). The van der Waals surface area contributed by atoms with Crippen LogP contribution in [0.5, 0.6) is 17.4 Å². The van der Waals surface area contributed by atoms with E-state index >= 15 is 0 Å². The number of fused-ring (bicyclic) bond motifs is 1. The van der Waals surface area contributed by atoms with Gasteiger partial charge in [0.25, 0.3) is 0 Å². The van der Waals surface area contributed by atoms with Crippen LogP contribution in [0.15, 0.2) is 59.6 Å². The highest BCUT2D eigenvalue weighted by molar-refractivity contribution is 7.99. The molecular formula is C23H22N2O5S. The van der Waals surface area contributed by atoms with Crippen molar-refractivity contribution in [1.29, 1.82) is 0 Å². The number of aromatic nitrogens is 2. The molecule has 31 heavy (non-hydrogen) atoms. The van der Waals surface area contributed by atoms with Crippen molar-refractivity contribution in [3.05, 3.63) is 60.2 Å². The fraction of sp³-hybridized carbons (Fsp3) is 0.261. The van der Waals surface area contributed by atoms with E-state index in [4.69, 9.17) is 19.3 Å². The third-order valence-corrected chi connectivity index (χ3v) is 5.68. The summed E-state index contributed by atoms with van der Waals surface area (Å²) in [7, 11) is 1.59. The molecule has 1 N–H and O–H groups in total. The molecule has 160 valence electrons. The summed E-state index contributed by atoms with van der Waals surface area (Å²) in [4.78, 5) is 20.0. The minimum absolute atomic E-state index is 0.0667. The predicted octanol–water partition coefficient (Wildman–Crippen LogP) is 4.27. The second-order valence-corrected chi connectivity index (χ2v) is 8.06. The average Bonchev–Trinajstić information content (AvgIpc) is 3.18. The van der Waals surface area contributed by atoms with Crippen LogP contribution in [0.2, 0.25) is 0 Å². The van der Waals surface area contributed by atoms with Gasteiger partial charge in [0.15, 0.2) is 5.82 Å². The number of methoxy groups -OCH3 is 1. The van der Waals surface area contributed by atoms with Crippen LogP contribution in [0, 0.1) is 0 Å². The van der Waals surface area contributed by atoms with E-state index in [2.05, 4.69) is 9.97 Å². The van der Waals surface area contributed by atoms with Crippen molar-refractivity contribution in [3.63, 3.8) is 0 Å². The van der Waals surface area contributed by atoms with E-state index in [1.807, 2.05) is 54.6 Å². The van der Waals surface area contributed by atoms with Crippen molar-refractivity contribution in [2.45, 2.75) is 17.4 Å². The van der Waals surface area contributed by atoms with Crippen molar-refractivity contribution in [2.24, 2.45) is 0 Å². The van der Waals surface area contributed by atoms with Crippen molar-refractivity contribution < 1.29 is 24.1 Å². The number of benzene rings is 2. The Balaban J connectivity index is 1.35. The number of thioether (sulfide) groups is 1. The Labute approximate surface area is 184 Å². The number of carboxylic acid groups (broad SMARTS) is 1. The molecule has 0 saturated carbocycles. The number of carbonyl (C=O) groups is 1. The standard InChI is InChI=1S/C23H22N2O5S/c1-28-20-13-21(25-23(24-20)15-5-3-2-4-6-15)31-10-9-29-17-7-8-18-16(11-22(26)27)14-30-19(18)12-17/h2-8,12-13,16H,9-11,14H2,1H3,(H,26,27). The Morgan fingerprint density at radius 3 is 2.81 bits per heavy atom. The fourth-order valence-corrected chi connectivity index (χ4v) is 4.04. The summed E-state index contributed by atoms with van der Waals surface area (Å²) in [6, 6.07) is 17.1. The van der Waals surface area contributed by atoms with Gasteiger partial charge < -0.3 is 19.3 Å². The Kier molecular flexibility index (Phi) is 6.57. The lowest BCUT2D eigenvalue weighted by atomic mass is 9.98. The summed E-state index contributed by atoms with van der Waals surface area (Å²) in [6.07, 6.45) is 0.0667. The summed E-state index contributed by atoms with van der Waals surface area (Å²) in [6.45, 7) is 0.870. The monoisotopic (exact) mass is 438 g/mol. The van der Waals surface area contributed by atoms with Crippen LogP contribution < -0.4 is 14.2 Å². The molecule has 2 aromatic carbocycles. The van der Waals surface area contributed by atoms with Gasteiger partial charge in [-0.2, -0.15) is 4.98 Å². The minimum Gasteiger partial charge on any atom is -0.493 e. The fourth-order valence-electron chi connectivity index (χ4n) is 3.33. The summed E-state index contributed by atoms with van der Waals surface area (Å²) in [5, 5.41) is 9.82. The normalized spacial score (nSPS) is 14.5. The van der Waals surface area contributed by atoms with Gasteiger partial charge in [0.1, 0.15) is 16.5 Å². The molecule has 8 heteroatoms. The van der Waals surface area contributed by atoms with Crippen molar-refractivity contribution in [1.82, 2.24) is 9.97 Å². The van der Waals surface area contributed by atoms with Crippen LogP contribution in [0.3, 0.4) is 0 Å². The first kappa shape index (κ1) is 21.0. The highest BCUT2D eigenvalue weighted by Crippen LogP contribution is 2.38. The van der Waals surface area contributed by atoms with E-state index in [1.165, 1.54) is 0 Å². The SMILES string of the molecule is COc1cc(SCCOc2ccc3c(c2)OCC3CC(=O)O)nc(-c2ccccc2)n1. The zero-order valence-corrected chi connectivity index (χ0v) is 17.8. The molecule has 2 heterocycles. The summed E-state index contributed by atoms with van der Waals surface area (Å²) in [5.41, 5.74) is 1.85. The molecule has 1 aliphatic heterocycles. The van der Waals surface area contributed by atoms with Gasteiger partial charge in [0.2, 0.25) is 5.88 Å². The molecule has 0 saturated heterocycles. The number of rotatable bonds is 9. The maximum atomic E-state index is 11.0. The minimum atomic E-state index is -0.824. The average molecular weight is 439 g/mol. The number of hydrogen-bond acceptors (Lipinski definition) is 7. The van der Waals surface area contributed by atoms with Gasteiger partial charge in [-0.1, -0.05) is 36.4 Å². The molecular weight excluding hydrogens is 416 g/mol. The van der Waals surface area contributed by atoms with E-state index in [1.54, 1.807) is 18.9 Å². The Bertz CT molecular complexity index is 1060. The van der Waals surface area contributed by atoms with Gasteiger partial charge in [0.05, 0.1) is 26.7 Å². The molecule has 0 fully saturated rings. The first-order chi connectivity index (χ1) is 15.1. The summed E-state index contributed by atoms with van der Waals surface area (Å²) in [5.74, 6) is 2.29. The van der Waals surface area contributed by atoms with E-state index in [0.29, 0.717) is 42.2 Å². The van der Waals surface area contributed by atoms with Gasteiger partial charge >= 0.3 is 5.97 Å². The molecule has 7 nitrogen and oxygen atoms in total. The van der Waals surface area contributed by atoms with Crippen LogP contribution in [0.4, 0.5) is 0 Å². The molecule has 0 spiro atoms. The van der Waals surface area contributed by atoms with Gasteiger partial charge in [-0.15, -0.1) is 11.8 Å². The maximum absolute atomic E-state index is 11.0. The lowest BCUT2D eigenvalue weighted by molar-refractivity contribution is -0.137. The third kappa shape index (κ3) is 5.27. The number of aliphatic carboxylic acids is 1. The number of ether oxygens (including phenoxy) is 3.